The Kier molecular flexibility index (Phi) is 8.20. The van der Waals surface area contributed by atoms with Crippen LogP contribution in [0.3, 0.4) is 0 Å². The van der Waals surface area contributed by atoms with Crippen LogP contribution in [0.25, 0.3) is 11.1 Å². The van der Waals surface area contributed by atoms with Crippen molar-refractivity contribution in [3.05, 3.63) is 82.6 Å². The topological polar surface area (TPSA) is 83.7 Å². The van der Waals surface area contributed by atoms with E-state index in [1.807, 2.05) is 24.5 Å². The van der Waals surface area contributed by atoms with E-state index >= 15 is 0 Å². The molecule has 2 aliphatic carbocycles. The predicted octanol–water partition coefficient (Wildman–Crippen LogP) is 7.52. The molecule has 2 aliphatic rings. The first kappa shape index (κ1) is 26.5. The maximum absolute atomic E-state index is 10.7. The largest absolute Gasteiger partial charge is 0.490 e. The van der Waals surface area contributed by atoms with Gasteiger partial charge in [-0.1, -0.05) is 48.9 Å². The van der Waals surface area contributed by atoms with Crippen LogP contribution >= 0.6 is 11.6 Å². The first-order chi connectivity index (χ1) is 18.4. The Balaban J connectivity index is 1.28. The third-order valence-corrected chi connectivity index (χ3v) is 7.80. The second kappa shape index (κ2) is 11.7. The van der Waals surface area contributed by atoms with Crippen molar-refractivity contribution in [1.82, 2.24) is 4.98 Å². The van der Waals surface area contributed by atoms with Gasteiger partial charge in [-0.2, -0.15) is 0 Å². The Labute approximate surface area is 229 Å². The highest BCUT2D eigenvalue weighted by Gasteiger charge is 2.47. The van der Waals surface area contributed by atoms with E-state index in [2.05, 4.69) is 48.3 Å². The summed E-state index contributed by atoms with van der Waals surface area (Å²) in [6.45, 7) is 2.99. The second-order valence-corrected chi connectivity index (χ2v) is 10.8. The number of nitrogens with zero attached hydrogens (tertiary/aromatic N) is 1. The van der Waals surface area contributed by atoms with Gasteiger partial charge in [0.15, 0.2) is 0 Å². The summed E-state index contributed by atoms with van der Waals surface area (Å²) in [5.74, 6) is 1.27. The van der Waals surface area contributed by atoms with E-state index in [1.54, 1.807) is 0 Å². The lowest BCUT2D eigenvalue weighted by atomic mass is 9.94. The van der Waals surface area contributed by atoms with Crippen LogP contribution in [0.15, 0.2) is 60.9 Å². The highest BCUT2D eigenvalue weighted by Crippen LogP contribution is 2.53. The SMILES string of the molecule is C[C@@H](CCCCOC(N)=O)c1ccc(Cl)c(COC2(c3cnccc3-c3ccccc3OC3CC3)CC2)c1. The third-order valence-electron chi connectivity index (χ3n) is 7.43. The molecule has 2 N–H and O–H groups in total. The summed E-state index contributed by atoms with van der Waals surface area (Å²) in [7, 11) is 0. The fraction of sp³-hybridized carbons (Fsp3) is 0.419. The van der Waals surface area contributed by atoms with Gasteiger partial charge in [-0.15, -0.1) is 0 Å². The Hall–Kier alpha value is -3.09. The first-order valence-corrected chi connectivity index (χ1v) is 13.9. The Morgan fingerprint density at radius 1 is 1.13 bits per heavy atom. The summed E-state index contributed by atoms with van der Waals surface area (Å²) in [6.07, 6.45) is 10.2. The van der Waals surface area contributed by atoms with Crippen molar-refractivity contribution in [2.75, 3.05) is 6.61 Å². The van der Waals surface area contributed by atoms with E-state index < -0.39 is 6.09 Å². The molecule has 7 heteroatoms. The molecule has 1 amide bonds. The van der Waals surface area contributed by atoms with Crippen molar-refractivity contribution in [2.45, 2.75) is 76.1 Å². The smallest absolute Gasteiger partial charge is 0.404 e. The minimum atomic E-state index is -0.719. The van der Waals surface area contributed by atoms with Gasteiger partial charge in [-0.25, -0.2) is 4.79 Å². The minimum Gasteiger partial charge on any atom is -0.490 e. The first-order valence-electron chi connectivity index (χ1n) is 13.5. The number of benzene rings is 2. The van der Waals surface area contributed by atoms with Crippen LogP contribution in [0.5, 0.6) is 5.75 Å². The average molecular weight is 535 g/mol. The zero-order valence-electron chi connectivity index (χ0n) is 21.8. The maximum atomic E-state index is 10.7. The molecule has 200 valence electrons. The molecule has 0 saturated heterocycles. The average Bonchev–Trinajstić information content (AvgIpc) is 3.85. The van der Waals surface area contributed by atoms with E-state index in [9.17, 15) is 4.79 Å². The molecule has 0 aliphatic heterocycles. The molecular formula is C31H35ClN2O4. The zero-order chi connectivity index (χ0) is 26.5. The number of para-hydroxylation sites is 1. The van der Waals surface area contributed by atoms with Gasteiger partial charge in [0.25, 0.3) is 0 Å². The van der Waals surface area contributed by atoms with Crippen molar-refractivity contribution >= 4 is 17.7 Å². The number of carbonyl (C=O) groups excluding carboxylic acids is 1. The molecule has 6 nitrogen and oxygen atoms in total. The van der Waals surface area contributed by atoms with Gasteiger partial charge < -0.3 is 19.9 Å². The van der Waals surface area contributed by atoms with Gasteiger partial charge in [0.1, 0.15) is 5.75 Å². The number of ether oxygens (including phenoxy) is 3. The van der Waals surface area contributed by atoms with Crippen LogP contribution in [0.4, 0.5) is 4.79 Å². The lowest BCUT2D eigenvalue weighted by molar-refractivity contribution is 0.0173. The van der Waals surface area contributed by atoms with Gasteiger partial charge in [0.2, 0.25) is 0 Å². The summed E-state index contributed by atoms with van der Waals surface area (Å²) < 4.78 is 17.7. The van der Waals surface area contributed by atoms with E-state index in [-0.39, 0.29) is 5.60 Å². The van der Waals surface area contributed by atoms with Gasteiger partial charge in [-0.3, -0.25) is 4.98 Å². The van der Waals surface area contributed by atoms with E-state index in [0.717, 1.165) is 72.9 Å². The number of halogens is 1. The summed E-state index contributed by atoms with van der Waals surface area (Å²) in [5, 5.41) is 0.709. The van der Waals surface area contributed by atoms with Crippen molar-refractivity contribution in [2.24, 2.45) is 5.73 Å². The molecule has 5 rings (SSSR count). The monoisotopic (exact) mass is 534 g/mol. The number of amides is 1. The van der Waals surface area contributed by atoms with E-state index in [0.29, 0.717) is 30.3 Å². The standard InChI is InChI=1S/C31H35ClN2O4/c1-21(6-4-5-17-36-30(33)35)22-9-12-28(32)23(18-22)20-37-31(14-15-31)27-19-34-16-13-25(27)26-7-2-3-8-29(26)38-24-10-11-24/h2-3,7-9,12-13,16,18-19,21,24H,4-6,10-11,14-15,17,20H2,1H3,(H2,33,35)/t21-/m0/s1. The number of unbranched alkanes of at least 4 members (excludes halogenated alkanes) is 1. The number of nitrogens with two attached hydrogens (primary N) is 1. The normalized spacial score (nSPS) is 16.6. The van der Waals surface area contributed by atoms with Crippen molar-refractivity contribution in [3.8, 4) is 16.9 Å². The summed E-state index contributed by atoms with van der Waals surface area (Å²) in [4.78, 5) is 15.2. The molecule has 0 spiro atoms. The maximum Gasteiger partial charge on any atom is 0.404 e. The number of carbonyl (C=O) groups is 1. The van der Waals surface area contributed by atoms with Crippen molar-refractivity contribution < 1.29 is 19.0 Å². The predicted molar refractivity (Wildman–Crippen MR) is 148 cm³/mol. The van der Waals surface area contributed by atoms with Crippen LogP contribution < -0.4 is 10.5 Å². The Bertz CT molecular complexity index is 1270. The molecule has 2 fully saturated rings. The Morgan fingerprint density at radius 2 is 1.95 bits per heavy atom. The van der Waals surface area contributed by atoms with E-state index in [1.165, 1.54) is 5.56 Å². The summed E-state index contributed by atoms with van der Waals surface area (Å²) in [5.41, 5.74) is 10.2. The molecule has 1 aromatic heterocycles. The molecular weight excluding hydrogens is 500 g/mol. The molecule has 1 heterocycles. The van der Waals surface area contributed by atoms with Gasteiger partial charge in [-0.05, 0) is 85.8 Å². The van der Waals surface area contributed by atoms with Crippen LogP contribution in [-0.4, -0.2) is 23.8 Å². The van der Waals surface area contributed by atoms with E-state index in [4.69, 9.17) is 31.5 Å². The minimum absolute atomic E-state index is 0.327. The zero-order valence-corrected chi connectivity index (χ0v) is 22.6. The number of aromatic nitrogens is 1. The van der Waals surface area contributed by atoms with Crippen LogP contribution in [-0.2, 0) is 21.7 Å². The number of hydrogen-bond donors (Lipinski definition) is 1. The number of hydrogen-bond acceptors (Lipinski definition) is 5. The molecule has 0 bridgehead atoms. The quantitative estimate of drug-likeness (QED) is 0.229. The molecule has 2 saturated carbocycles. The van der Waals surface area contributed by atoms with Crippen LogP contribution in [0.1, 0.15) is 74.5 Å². The fourth-order valence-corrected chi connectivity index (χ4v) is 5.05. The highest BCUT2D eigenvalue weighted by atomic mass is 35.5. The molecule has 0 unspecified atom stereocenters. The lowest BCUT2D eigenvalue weighted by Crippen LogP contribution is -2.14. The summed E-state index contributed by atoms with van der Waals surface area (Å²) >= 11 is 6.60. The number of primary amides is 1. The van der Waals surface area contributed by atoms with Gasteiger partial charge in [0.05, 0.1) is 24.9 Å². The molecule has 1 atom stereocenters. The van der Waals surface area contributed by atoms with Crippen LogP contribution in [0.2, 0.25) is 5.02 Å². The van der Waals surface area contributed by atoms with Gasteiger partial charge >= 0.3 is 6.09 Å². The highest BCUT2D eigenvalue weighted by molar-refractivity contribution is 6.31. The Morgan fingerprint density at radius 3 is 2.71 bits per heavy atom. The summed E-state index contributed by atoms with van der Waals surface area (Å²) in [6, 6.07) is 16.5. The number of pyridine rings is 1. The number of rotatable bonds is 13. The molecule has 0 radical (unpaired) electrons. The molecule has 3 aromatic rings. The van der Waals surface area contributed by atoms with Crippen LogP contribution in [0, 0.1) is 0 Å². The van der Waals surface area contributed by atoms with Gasteiger partial charge in [0, 0.05) is 28.5 Å². The molecule has 2 aromatic carbocycles. The fourth-order valence-electron chi connectivity index (χ4n) is 4.87. The van der Waals surface area contributed by atoms with Crippen molar-refractivity contribution in [3.63, 3.8) is 0 Å². The van der Waals surface area contributed by atoms with Crippen molar-refractivity contribution in [1.29, 1.82) is 0 Å². The lowest BCUT2D eigenvalue weighted by Gasteiger charge is -2.22. The second-order valence-electron chi connectivity index (χ2n) is 10.4. The third kappa shape index (κ3) is 6.48. The molecule has 38 heavy (non-hydrogen) atoms.